The molecule has 0 saturated carbocycles. The van der Waals surface area contributed by atoms with Crippen LogP contribution in [0.2, 0.25) is 0 Å². The Bertz CT molecular complexity index is 327. The lowest BCUT2D eigenvalue weighted by molar-refractivity contribution is -0.142. The Balaban J connectivity index is 2.85. The molecule has 0 spiro atoms. The van der Waals surface area contributed by atoms with Crippen molar-refractivity contribution >= 4 is 17.7 Å². The number of ketones is 1. The summed E-state index contributed by atoms with van der Waals surface area (Å²) in [5.74, 6) is -2.38. The Morgan fingerprint density at radius 3 is 2.62 bits per heavy atom. The third-order valence-electron chi connectivity index (χ3n) is 2.70. The zero-order valence-electron chi connectivity index (χ0n) is 9.28. The normalized spacial score (nSPS) is 26.6. The number of amides is 1. The molecule has 1 amide bonds. The molecule has 16 heavy (non-hydrogen) atoms. The molecule has 1 fully saturated rings. The van der Waals surface area contributed by atoms with Crippen LogP contribution in [0, 0.1) is 5.92 Å². The predicted molar refractivity (Wildman–Crippen MR) is 53.8 cm³/mol. The molecule has 0 aromatic rings. The summed E-state index contributed by atoms with van der Waals surface area (Å²) >= 11 is 0. The number of carbonyl (C=O) groups excluding carboxylic acids is 2. The van der Waals surface area contributed by atoms with Crippen LogP contribution < -0.4 is 5.32 Å². The standard InChI is InChI=1S/C10H15NO5/c1-6(9(14)15)4-10(5-16-2)7(12)3-8(13)11-10/h6H,3-5H2,1-2H3,(H,11,13)(H,14,15). The number of methoxy groups -OCH3 is 1. The van der Waals surface area contributed by atoms with Crippen molar-refractivity contribution in [1.29, 1.82) is 0 Å². The molecule has 0 radical (unpaired) electrons. The molecule has 0 aliphatic carbocycles. The van der Waals surface area contributed by atoms with E-state index in [1.165, 1.54) is 14.0 Å². The number of Topliss-reactive ketones (excluding diaryl/α,β-unsaturated/α-hetero) is 1. The maximum Gasteiger partial charge on any atom is 0.306 e. The second-order valence-electron chi connectivity index (χ2n) is 4.11. The fraction of sp³-hybridized carbons (Fsp3) is 0.700. The first-order valence-corrected chi connectivity index (χ1v) is 4.97. The molecule has 6 nitrogen and oxygen atoms in total. The number of hydrogen-bond acceptors (Lipinski definition) is 4. The third-order valence-corrected chi connectivity index (χ3v) is 2.70. The minimum absolute atomic E-state index is 0.00912. The first-order valence-electron chi connectivity index (χ1n) is 4.97. The van der Waals surface area contributed by atoms with Gasteiger partial charge in [0.15, 0.2) is 5.78 Å². The van der Waals surface area contributed by atoms with E-state index >= 15 is 0 Å². The number of ether oxygens (including phenoxy) is 1. The Morgan fingerprint density at radius 2 is 2.25 bits per heavy atom. The van der Waals surface area contributed by atoms with E-state index in [1.54, 1.807) is 0 Å². The maximum atomic E-state index is 11.7. The van der Waals surface area contributed by atoms with Crippen LogP contribution in [0.25, 0.3) is 0 Å². The van der Waals surface area contributed by atoms with Crippen LogP contribution in [-0.2, 0) is 19.1 Å². The van der Waals surface area contributed by atoms with E-state index in [0.29, 0.717) is 0 Å². The average molecular weight is 229 g/mol. The van der Waals surface area contributed by atoms with E-state index in [1.807, 2.05) is 0 Å². The van der Waals surface area contributed by atoms with E-state index in [0.717, 1.165) is 0 Å². The molecule has 1 saturated heterocycles. The van der Waals surface area contributed by atoms with Gasteiger partial charge in [-0.1, -0.05) is 6.92 Å². The summed E-state index contributed by atoms with van der Waals surface area (Å²) in [5, 5.41) is 11.3. The highest BCUT2D eigenvalue weighted by molar-refractivity contribution is 6.10. The average Bonchev–Trinajstić information content (AvgIpc) is 2.42. The van der Waals surface area contributed by atoms with Gasteiger partial charge in [-0.2, -0.15) is 0 Å². The molecule has 90 valence electrons. The fourth-order valence-electron chi connectivity index (χ4n) is 1.89. The summed E-state index contributed by atoms with van der Waals surface area (Å²) in [6.45, 7) is 1.51. The lowest BCUT2D eigenvalue weighted by Crippen LogP contribution is -2.52. The van der Waals surface area contributed by atoms with Gasteiger partial charge in [-0.3, -0.25) is 14.4 Å². The number of carboxylic acids is 1. The summed E-state index contributed by atoms with van der Waals surface area (Å²) in [6, 6.07) is 0. The smallest absolute Gasteiger partial charge is 0.306 e. The summed E-state index contributed by atoms with van der Waals surface area (Å²) in [5.41, 5.74) is -1.16. The van der Waals surface area contributed by atoms with Gasteiger partial charge < -0.3 is 15.2 Å². The van der Waals surface area contributed by atoms with Crippen molar-refractivity contribution in [3.8, 4) is 0 Å². The first kappa shape index (κ1) is 12.6. The van der Waals surface area contributed by atoms with E-state index in [-0.39, 0.29) is 31.1 Å². The molecule has 2 N–H and O–H groups in total. The first-order chi connectivity index (χ1) is 7.41. The Labute approximate surface area is 93.0 Å². The van der Waals surface area contributed by atoms with Crippen LogP contribution in [-0.4, -0.2) is 42.0 Å². The van der Waals surface area contributed by atoms with Gasteiger partial charge in [0.1, 0.15) is 5.54 Å². The van der Waals surface area contributed by atoms with E-state index in [9.17, 15) is 14.4 Å². The summed E-state index contributed by atoms with van der Waals surface area (Å²) in [4.78, 5) is 33.6. The van der Waals surface area contributed by atoms with E-state index < -0.39 is 17.4 Å². The zero-order chi connectivity index (χ0) is 12.3. The third kappa shape index (κ3) is 2.38. The molecule has 1 aliphatic rings. The van der Waals surface area contributed by atoms with Crippen molar-refractivity contribution in [3.05, 3.63) is 0 Å². The van der Waals surface area contributed by atoms with Crippen LogP contribution in [0.4, 0.5) is 0 Å². The molecular formula is C10H15NO5. The number of nitrogens with one attached hydrogen (secondary N) is 1. The number of aliphatic carboxylic acids is 1. The van der Waals surface area contributed by atoms with E-state index in [4.69, 9.17) is 9.84 Å². The summed E-state index contributed by atoms with van der Waals surface area (Å²) < 4.78 is 4.90. The molecule has 1 aliphatic heterocycles. The minimum Gasteiger partial charge on any atom is -0.481 e. The highest BCUT2D eigenvalue weighted by atomic mass is 16.5. The number of carboxylic acid groups (broad SMARTS) is 1. The van der Waals surface area contributed by atoms with Crippen LogP contribution >= 0.6 is 0 Å². The van der Waals surface area contributed by atoms with Crippen LogP contribution in [0.3, 0.4) is 0 Å². The lowest BCUT2D eigenvalue weighted by atomic mass is 9.86. The van der Waals surface area contributed by atoms with Gasteiger partial charge in [0.05, 0.1) is 18.9 Å². The minimum atomic E-state index is -1.16. The fourth-order valence-corrected chi connectivity index (χ4v) is 1.89. The molecule has 2 unspecified atom stereocenters. The lowest BCUT2D eigenvalue weighted by Gasteiger charge is -2.28. The van der Waals surface area contributed by atoms with Crippen molar-refractivity contribution in [2.45, 2.75) is 25.3 Å². The molecule has 2 atom stereocenters. The highest BCUT2D eigenvalue weighted by Gasteiger charge is 2.47. The quantitative estimate of drug-likeness (QED) is 0.624. The number of hydrogen-bond donors (Lipinski definition) is 2. The Hall–Kier alpha value is -1.43. The second-order valence-corrected chi connectivity index (χ2v) is 4.11. The van der Waals surface area contributed by atoms with Crippen LogP contribution in [0.5, 0.6) is 0 Å². The maximum absolute atomic E-state index is 11.7. The molecule has 1 rings (SSSR count). The van der Waals surface area contributed by atoms with Gasteiger partial charge in [-0.25, -0.2) is 0 Å². The van der Waals surface area contributed by atoms with Crippen molar-refractivity contribution < 1.29 is 24.2 Å². The molecule has 0 aromatic carbocycles. The second kappa shape index (κ2) is 4.61. The van der Waals surface area contributed by atoms with Crippen molar-refractivity contribution in [1.82, 2.24) is 5.32 Å². The molecule has 0 bridgehead atoms. The Morgan fingerprint density at radius 1 is 1.62 bits per heavy atom. The molecule has 0 aromatic heterocycles. The topological polar surface area (TPSA) is 92.7 Å². The van der Waals surface area contributed by atoms with Gasteiger partial charge in [0, 0.05) is 7.11 Å². The monoisotopic (exact) mass is 229 g/mol. The van der Waals surface area contributed by atoms with Crippen molar-refractivity contribution in [2.75, 3.05) is 13.7 Å². The Kier molecular flexibility index (Phi) is 3.64. The van der Waals surface area contributed by atoms with Crippen LogP contribution in [0.15, 0.2) is 0 Å². The van der Waals surface area contributed by atoms with Crippen LogP contribution in [0.1, 0.15) is 19.8 Å². The number of rotatable bonds is 5. The molecular weight excluding hydrogens is 214 g/mol. The summed E-state index contributed by atoms with van der Waals surface area (Å²) in [7, 11) is 1.41. The molecule has 6 heteroatoms. The van der Waals surface area contributed by atoms with Crippen molar-refractivity contribution in [3.63, 3.8) is 0 Å². The SMILES string of the molecule is COCC1(CC(C)C(=O)O)NC(=O)CC1=O. The largest absolute Gasteiger partial charge is 0.481 e. The summed E-state index contributed by atoms with van der Waals surface area (Å²) in [6.07, 6.45) is -0.142. The van der Waals surface area contributed by atoms with Gasteiger partial charge in [-0.05, 0) is 6.42 Å². The van der Waals surface area contributed by atoms with E-state index in [2.05, 4.69) is 5.32 Å². The zero-order valence-corrected chi connectivity index (χ0v) is 9.28. The van der Waals surface area contributed by atoms with Crippen molar-refractivity contribution in [2.24, 2.45) is 5.92 Å². The van der Waals surface area contributed by atoms with Gasteiger partial charge in [0.25, 0.3) is 0 Å². The highest BCUT2D eigenvalue weighted by Crippen LogP contribution is 2.25. The van der Waals surface area contributed by atoms with Gasteiger partial charge in [-0.15, -0.1) is 0 Å². The molecule has 1 heterocycles. The van der Waals surface area contributed by atoms with Gasteiger partial charge in [0.2, 0.25) is 5.91 Å². The number of carbonyl (C=O) groups is 3. The predicted octanol–water partition coefficient (Wildman–Crippen LogP) is -0.429. The van der Waals surface area contributed by atoms with Gasteiger partial charge >= 0.3 is 5.97 Å².